The number of hydrogen-bond donors (Lipinski definition) is 0. The maximum atomic E-state index is 6.20. The highest BCUT2D eigenvalue weighted by molar-refractivity contribution is 6.56. The molecular formula is C18H19Cl6NO4. The number of nitrogens with zero attached hydrogens (tertiary/aromatic N) is 1. The first-order valence-electron chi connectivity index (χ1n) is 8.38. The van der Waals surface area contributed by atoms with Gasteiger partial charge in [-0.1, -0.05) is 74.8 Å². The molecule has 1 aromatic rings. The summed E-state index contributed by atoms with van der Waals surface area (Å²) in [4.78, 5) is 4.88. The van der Waals surface area contributed by atoms with Crippen LogP contribution in [-0.2, 0) is 9.57 Å². The van der Waals surface area contributed by atoms with Gasteiger partial charge in [-0.05, 0) is 25.0 Å². The van der Waals surface area contributed by atoms with Crippen LogP contribution in [0.3, 0.4) is 0 Å². The van der Waals surface area contributed by atoms with Crippen LogP contribution in [0.5, 0.6) is 11.5 Å². The molecule has 0 aliphatic heterocycles. The summed E-state index contributed by atoms with van der Waals surface area (Å²) < 4.78 is 16.7. The first-order chi connectivity index (χ1) is 13.9. The second-order valence-corrected chi connectivity index (χ2v) is 8.06. The smallest absolute Gasteiger partial charge is 0.156 e. The second-order valence-electron chi connectivity index (χ2n) is 5.23. The lowest BCUT2D eigenvalue weighted by Gasteiger charge is -2.12. The van der Waals surface area contributed by atoms with Gasteiger partial charge < -0.3 is 19.0 Å². The van der Waals surface area contributed by atoms with Crippen molar-refractivity contribution in [1.29, 1.82) is 0 Å². The van der Waals surface area contributed by atoms with Gasteiger partial charge >= 0.3 is 0 Å². The van der Waals surface area contributed by atoms with Crippen LogP contribution in [0.1, 0.15) is 12.8 Å². The molecule has 0 amide bonds. The molecule has 0 aliphatic carbocycles. The number of benzene rings is 1. The molecule has 0 saturated carbocycles. The Labute approximate surface area is 200 Å². The Morgan fingerprint density at radius 3 is 2.10 bits per heavy atom. The van der Waals surface area contributed by atoms with Crippen molar-refractivity contribution in [3.05, 3.63) is 43.3 Å². The van der Waals surface area contributed by atoms with Gasteiger partial charge in [0, 0.05) is 18.7 Å². The van der Waals surface area contributed by atoms with E-state index in [0.29, 0.717) is 41.4 Å². The van der Waals surface area contributed by atoms with Crippen molar-refractivity contribution < 1.29 is 19.0 Å². The molecule has 1 rings (SSSR count). The van der Waals surface area contributed by atoms with E-state index in [-0.39, 0.29) is 22.2 Å². The summed E-state index contributed by atoms with van der Waals surface area (Å²) in [7, 11) is 0. The Bertz CT molecular complexity index is 681. The molecule has 0 spiro atoms. The van der Waals surface area contributed by atoms with Crippen LogP contribution < -0.4 is 9.47 Å². The van der Waals surface area contributed by atoms with Gasteiger partial charge in [0.15, 0.2) is 5.75 Å². The fraction of sp³-hybridized carbons (Fsp3) is 0.389. The average molecular weight is 526 g/mol. The summed E-state index contributed by atoms with van der Waals surface area (Å²) in [5.74, 6) is 0.891. The molecule has 0 N–H and O–H groups in total. The lowest BCUT2D eigenvalue weighted by Crippen LogP contribution is -2.03. The van der Waals surface area contributed by atoms with E-state index in [2.05, 4.69) is 5.16 Å². The van der Waals surface area contributed by atoms with Crippen LogP contribution in [0.25, 0.3) is 0 Å². The molecule has 0 radical (unpaired) electrons. The minimum atomic E-state index is 0.122. The van der Waals surface area contributed by atoms with Gasteiger partial charge in [0.2, 0.25) is 0 Å². The van der Waals surface area contributed by atoms with E-state index in [4.69, 9.17) is 88.7 Å². The Hall–Kier alpha value is -0.530. The van der Waals surface area contributed by atoms with E-state index in [1.165, 1.54) is 18.4 Å². The zero-order valence-electron chi connectivity index (χ0n) is 15.2. The minimum Gasteiger partial charge on any atom is -0.490 e. The third-order valence-electron chi connectivity index (χ3n) is 3.04. The number of unbranched alkanes of at least 4 members (excludes halogenated alkanes) is 1. The molecule has 0 unspecified atom stereocenters. The lowest BCUT2D eigenvalue weighted by molar-refractivity contribution is 0.150. The molecule has 0 heterocycles. The zero-order chi connectivity index (χ0) is 21.5. The fourth-order valence-electron chi connectivity index (χ4n) is 1.80. The van der Waals surface area contributed by atoms with E-state index in [1.807, 2.05) is 0 Å². The summed E-state index contributed by atoms with van der Waals surface area (Å²) in [5, 5.41) is 4.38. The molecule has 0 bridgehead atoms. The Kier molecular flexibility index (Phi) is 14.8. The predicted octanol–water partition coefficient (Wildman–Crippen LogP) is 7.19. The molecule has 0 aromatic heterocycles. The SMILES string of the molecule is ClC(Cl)=CCO/N=C\COCCCCOc1c(Cl)cc(OCC=C(Cl)Cl)cc1Cl. The highest BCUT2D eigenvalue weighted by Crippen LogP contribution is 2.37. The third kappa shape index (κ3) is 13.4. The van der Waals surface area contributed by atoms with E-state index in [0.717, 1.165) is 12.8 Å². The molecule has 1 aromatic carbocycles. The van der Waals surface area contributed by atoms with Gasteiger partial charge in [0.05, 0.1) is 29.5 Å². The van der Waals surface area contributed by atoms with E-state index < -0.39 is 0 Å². The third-order valence-corrected chi connectivity index (χ3v) is 4.22. The van der Waals surface area contributed by atoms with Gasteiger partial charge in [-0.25, -0.2) is 0 Å². The van der Waals surface area contributed by atoms with Gasteiger partial charge in [0.1, 0.15) is 27.9 Å². The van der Waals surface area contributed by atoms with E-state index >= 15 is 0 Å². The maximum Gasteiger partial charge on any atom is 0.156 e. The maximum absolute atomic E-state index is 6.20. The van der Waals surface area contributed by atoms with Gasteiger partial charge in [-0.2, -0.15) is 0 Å². The van der Waals surface area contributed by atoms with Crippen molar-refractivity contribution >= 4 is 75.8 Å². The Morgan fingerprint density at radius 2 is 1.45 bits per heavy atom. The average Bonchev–Trinajstić information content (AvgIpc) is 2.64. The fourth-order valence-corrected chi connectivity index (χ4v) is 2.63. The van der Waals surface area contributed by atoms with Gasteiger partial charge in [0.25, 0.3) is 0 Å². The first-order valence-corrected chi connectivity index (χ1v) is 10.7. The number of halogens is 6. The monoisotopic (exact) mass is 523 g/mol. The second kappa shape index (κ2) is 16.2. The normalized spacial score (nSPS) is 10.7. The van der Waals surface area contributed by atoms with Gasteiger partial charge in [-0.15, -0.1) is 0 Å². The van der Waals surface area contributed by atoms with Crippen molar-refractivity contribution in [2.75, 3.05) is 33.0 Å². The number of rotatable bonds is 14. The minimum absolute atomic E-state index is 0.122. The lowest BCUT2D eigenvalue weighted by atomic mass is 10.3. The van der Waals surface area contributed by atoms with Crippen LogP contribution in [-0.4, -0.2) is 39.2 Å². The largest absolute Gasteiger partial charge is 0.490 e. The molecule has 0 aliphatic rings. The van der Waals surface area contributed by atoms with Crippen molar-refractivity contribution in [1.82, 2.24) is 0 Å². The quantitative estimate of drug-likeness (QED) is 0.146. The summed E-state index contributed by atoms with van der Waals surface area (Å²) >= 11 is 34.3. The highest BCUT2D eigenvalue weighted by Gasteiger charge is 2.10. The summed E-state index contributed by atoms with van der Waals surface area (Å²) in [5.41, 5.74) is 0. The highest BCUT2D eigenvalue weighted by atomic mass is 35.5. The predicted molar refractivity (Wildman–Crippen MR) is 122 cm³/mol. The molecular weight excluding hydrogens is 507 g/mol. The Morgan fingerprint density at radius 1 is 0.828 bits per heavy atom. The van der Waals surface area contributed by atoms with Crippen molar-refractivity contribution in [3.63, 3.8) is 0 Å². The molecule has 29 heavy (non-hydrogen) atoms. The van der Waals surface area contributed by atoms with Crippen LogP contribution >= 0.6 is 69.6 Å². The summed E-state index contributed by atoms with van der Waals surface area (Å²) in [6.07, 6.45) is 6.05. The number of oxime groups is 1. The first kappa shape index (κ1) is 26.5. The van der Waals surface area contributed by atoms with Crippen molar-refractivity contribution in [2.24, 2.45) is 5.16 Å². The standard InChI is InChI=1S/C18H19Cl6NO4/c19-14-11-13(27-8-3-16(21)22)12-15(20)18(14)28-7-2-1-6-26-10-5-25-29-9-4-17(23)24/h3-5,11-12H,1-2,6-10H2/b25-5-. The number of ether oxygens (including phenoxy) is 3. The molecule has 11 heteroatoms. The molecule has 5 nitrogen and oxygen atoms in total. The van der Waals surface area contributed by atoms with Crippen LogP contribution in [0, 0.1) is 0 Å². The van der Waals surface area contributed by atoms with Gasteiger partial charge in [-0.3, -0.25) is 0 Å². The van der Waals surface area contributed by atoms with Crippen LogP contribution in [0.2, 0.25) is 10.0 Å². The molecule has 162 valence electrons. The Balaban J connectivity index is 2.20. The topological polar surface area (TPSA) is 49.3 Å². The zero-order valence-corrected chi connectivity index (χ0v) is 19.7. The van der Waals surface area contributed by atoms with E-state index in [9.17, 15) is 0 Å². The van der Waals surface area contributed by atoms with Crippen molar-refractivity contribution in [3.8, 4) is 11.5 Å². The van der Waals surface area contributed by atoms with E-state index in [1.54, 1.807) is 12.1 Å². The van der Waals surface area contributed by atoms with Crippen LogP contribution in [0.4, 0.5) is 0 Å². The van der Waals surface area contributed by atoms with Crippen molar-refractivity contribution in [2.45, 2.75) is 12.8 Å². The number of hydrogen-bond acceptors (Lipinski definition) is 5. The molecule has 0 fully saturated rings. The molecule has 0 atom stereocenters. The summed E-state index contributed by atoms with van der Waals surface area (Å²) in [6, 6.07) is 3.22. The summed E-state index contributed by atoms with van der Waals surface area (Å²) in [6.45, 7) is 1.73. The molecule has 0 saturated heterocycles. The van der Waals surface area contributed by atoms with Crippen LogP contribution in [0.15, 0.2) is 38.4 Å².